The van der Waals surface area contributed by atoms with Crippen LogP contribution in [0.5, 0.6) is 0 Å². The molecule has 204 valence electrons. The van der Waals surface area contributed by atoms with Gasteiger partial charge in [-0.2, -0.15) is 0 Å². The van der Waals surface area contributed by atoms with E-state index in [0.29, 0.717) is 16.5 Å². The molecular weight excluding hydrogens is 561 g/mol. The Balaban J connectivity index is 1.30. The first-order valence-electron chi connectivity index (χ1n) is 12.3. The first-order chi connectivity index (χ1) is 19.9. The van der Waals surface area contributed by atoms with Crippen LogP contribution >= 0.6 is 23.1 Å². The largest absolute Gasteiger partial charge is 0.478 e. The third kappa shape index (κ3) is 6.86. The van der Waals surface area contributed by atoms with Gasteiger partial charge in [0.1, 0.15) is 11.1 Å². The molecule has 0 fully saturated rings. The standard InChI is InChI=1S/C31H22FN3O4S2/c32-21-12-10-19(11-13-21)26-18-40-31(34-26)35-29(37)27(20-6-2-1-3-7-20)41-23-16-14-22(15-17-23)33-28(36)24-8-4-5-9-25(24)30(38)39/h1-18,27H,(H,33,36)(H,38,39)(H,34,35,37). The molecule has 0 bridgehead atoms. The molecule has 2 amide bonds. The van der Waals surface area contributed by atoms with Crippen LogP contribution in [0.2, 0.25) is 0 Å². The summed E-state index contributed by atoms with van der Waals surface area (Å²) in [5, 5.41) is 16.6. The number of carbonyl (C=O) groups excluding carboxylic acids is 2. The van der Waals surface area contributed by atoms with Crippen LogP contribution in [0.1, 0.15) is 31.5 Å². The third-order valence-corrected chi connectivity index (χ3v) is 8.01. The molecule has 1 heterocycles. The highest BCUT2D eigenvalue weighted by Gasteiger charge is 2.23. The van der Waals surface area contributed by atoms with Crippen LogP contribution < -0.4 is 10.6 Å². The number of aromatic carboxylic acids is 1. The average molecular weight is 584 g/mol. The molecule has 1 aromatic heterocycles. The number of carbonyl (C=O) groups is 3. The molecule has 41 heavy (non-hydrogen) atoms. The van der Waals surface area contributed by atoms with E-state index < -0.39 is 17.1 Å². The summed E-state index contributed by atoms with van der Waals surface area (Å²) in [6.45, 7) is 0. The molecule has 1 atom stereocenters. The van der Waals surface area contributed by atoms with Crippen LogP contribution in [0.15, 0.2) is 113 Å². The van der Waals surface area contributed by atoms with Crippen molar-refractivity contribution in [2.75, 3.05) is 10.6 Å². The molecule has 0 aliphatic carbocycles. The molecule has 1 unspecified atom stereocenters. The third-order valence-electron chi connectivity index (χ3n) is 5.98. The van der Waals surface area contributed by atoms with Gasteiger partial charge in [0.15, 0.2) is 5.13 Å². The van der Waals surface area contributed by atoms with Crippen molar-refractivity contribution in [1.82, 2.24) is 4.98 Å². The summed E-state index contributed by atoms with van der Waals surface area (Å²) in [4.78, 5) is 42.9. The summed E-state index contributed by atoms with van der Waals surface area (Å²) in [6.07, 6.45) is 0. The van der Waals surface area contributed by atoms with E-state index in [1.165, 1.54) is 47.4 Å². The van der Waals surface area contributed by atoms with Crippen LogP contribution in [0.25, 0.3) is 11.3 Å². The molecule has 0 saturated carbocycles. The second kappa shape index (κ2) is 12.6. The van der Waals surface area contributed by atoms with Crippen LogP contribution in [0, 0.1) is 5.82 Å². The van der Waals surface area contributed by atoms with Crippen LogP contribution in [0.3, 0.4) is 0 Å². The summed E-state index contributed by atoms with van der Waals surface area (Å²) in [5.74, 6) is -2.31. The van der Waals surface area contributed by atoms with Gasteiger partial charge < -0.3 is 15.7 Å². The number of thioether (sulfide) groups is 1. The number of hydrogen-bond donors (Lipinski definition) is 3. The summed E-state index contributed by atoms with van der Waals surface area (Å²) >= 11 is 2.62. The van der Waals surface area contributed by atoms with Gasteiger partial charge in [0.05, 0.1) is 16.8 Å². The van der Waals surface area contributed by atoms with Gasteiger partial charge in [-0.1, -0.05) is 42.5 Å². The molecule has 0 aliphatic rings. The van der Waals surface area contributed by atoms with Gasteiger partial charge >= 0.3 is 5.97 Å². The van der Waals surface area contributed by atoms with Crippen molar-refractivity contribution in [2.24, 2.45) is 0 Å². The molecular formula is C31H22FN3O4S2. The van der Waals surface area contributed by atoms with E-state index in [2.05, 4.69) is 15.6 Å². The first kappa shape index (κ1) is 27.8. The number of carboxylic acid groups (broad SMARTS) is 1. The maximum absolute atomic E-state index is 13.4. The Bertz CT molecular complexity index is 1690. The maximum atomic E-state index is 13.4. The van der Waals surface area contributed by atoms with Crippen molar-refractivity contribution >= 4 is 51.7 Å². The summed E-state index contributed by atoms with van der Waals surface area (Å²) in [5.41, 5.74) is 2.64. The first-order valence-corrected chi connectivity index (χ1v) is 14.1. The lowest BCUT2D eigenvalue weighted by atomic mass is 10.1. The number of thiazole rings is 1. The highest BCUT2D eigenvalue weighted by atomic mass is 32.2. The Morgan fingerprint density at radius 2 is 1.46 bits per heavy atom. The van der Waals surface area contributed by atoms with Crippen molar-refractivity contribution in [3.05, 3.63) is 131 Å². The number of amides is 2. The van der Waals surface area contributed by atoms with E-state index in [0.717, 1.165) is 16.0 Å². The Labute approximate surface area is 243 Å². The summed E-state index contributed by atoms with van der Waals surface area (Å²) in [6, 6.07) is 28.3. The number of nitrogens with one attached hydrogen (secondary N) is 2. The normalized spacial score (nSPS) is 11.4. The number of halogens is 1. The van der Waals surface area contributed by atoms with Gasteiger partial charge in [0.25, 0.3) is 5.91 Å². The lowest BCUT2D eigenvalue weighted by molar-refractivity contribution is -0.115. The zero-order chi connectivity index (χ0) is 28.8. The van der Waals surface area contributed by atoms with Gasteiger partial charge in [-0.3, -0.25) is 9.59 Å². The topological polar surface area (TPSA) is 108 Å². The zero-order valence-electron chi connectivity index (χ0n) is 21.3. The summed E-state index contributed by atoms with van der Waals surface area (Å²) in [7, 11) is 0. The number of carboxylic acids is 1. The predicted molar refractivity (Wildman–Crippen MR) is 159 cm³/mol. The molecule has 5 rings (SSSR count). The second-order valence-electron chi connectivity index (χ2n) is 8.77. The van der Waals surface area contributed by atoms with Crippen molar-refractivity contribution < 1.29 is 23.9 Å². The predicted octanol–water partition coefficient (Wildman–Crippen LogP) is 7.37. The number of rotatable bonds is 9. The van der Waals surface area contributed by atoms with Crippen molar-refractivity contribution in [1.29, 1.82) is 0 Å². The van der Waals surface area contributed by atoms with E-state index in [-0.39, 0.29) is 22.9 Å². The number of hydrogen-bond acceptors (Lipinski definition) is 6. The Morgan fingerprint density at radius 3 is 2.15 bits per heavy atom. The molecule has 7 nitrogen and oxygen atoms in total. The SMILES string of the molecule is O=C(O)c1ccccc1C(=O)Nc1ccc(SC(C(=O)Nc2nc(-c3ccc(F)cc3)cs2)c2ccccc2)cc1. The van der Waals surface area contributed by atoms with E-state index in [4.69, 9.17) is 0 Å². The van der Waals surface area contributed by atoms with Crippen LogP contribution in [-0.2, 0) is 4.79 Å². The minimum Gasteiger partial charge on any atom is -0.478 e. The highest BCUT2D eigenvalue weighted by Crippen LogP contribution is 2.37. The molecule has 0 saturated heterocycles. The lowest BCUT2D eigenvalue weighted by Crippen LogP contribution is -2.19. The fraction of sp³-hybridized carbons (Fsp3) is 0.0323. The second-order valence-corrected chi connectivity index (χ2v) is 10.8. The quantitative estimate of drug-likeness (QED) is 0.156. The molecule has 0 aliphatic heterocycles. The number of anilines is 2. The van der Waals surface area contributed by atoms with E-state index in [1.807, 2.05) is 30.3 Å². The van der Waals surface area contributed by atoms with Gasteiger partial charge in [-0.15, -0.1) is 23.1 Å². The molecule has 0 radical (unpaired) electrons. The summed E-state index contributed by atoms with van der Waals surface area (Å²) < 4.78 is 13.3. The molecule has 10 heteroatoms. The van der Waals surface area contributed by atoms with Crippen molar-refractivity contribution in [2.45, 2.75) is 10.1 Å². The molecule has 0 spiro atoms. The Hall–Kier alpha value is -4.80. The number of benzene rings is 4. The Morgan fingerprint density at radius 1 is 0.805 bits per heavy atom. The minimum absolute atomic E-state index is 0.0593. The Kier molecular flexibility index (Phi) is 8.52. The smallest absolute Gasteiger partial charge is 0.336 e. The fourth-order valence-electron chi connectivity index (χ4n) is 3.98. The van der Waals surface area contributed by atoms with E-state index in [9.17, 15) is 23.9 Å². The fourth-order valence-corrected chi connectivity index (χ4v) is 5.72. The highest BCUT2D eigenvalue weighted by molar-refractivity contribution is 8.00. The number of aromatic nitrogens is 1. The van der Waals surface area contributed by atoms with Crippen LogP contribution in [0.4, 0.5) is 15.2 Å². The average Bonchev–Trinajstić information content (AvgIpc) is 3.45. The van der Waals surface area contributed by atoms with E-state index >= 15 is 0 Å². The van der Waals surface area contributed by atoms with Gasteiger partial charge in [0.2, 0.25) is 5.91 Å². The minimum atomic E-state index is -1.18. The van der Waals surface area contributed by atoms with Gasteiger partial charge in [-0.25, -0.2) is 14.2 Å². The molecule has 4 aromatic carbocycles. The van der Waals surface area contributed by atoms with Crippen LogP contribution in [-0.4, -0.2) is 27.9 Å². The number of nitrogens with zero attached hydrogens (tertiary/aromatic N) is 1. The monoisotopic (exact) mass is 583 g/mol. The van der Waals surface area contributed by atoms with E-state index in [1.54, 1.807) is 53.9 Å². The molecule has 5 aromatic rings. The van der Waals surface area contributed by atoms with Crippen molar-refractivity contribution in [3.63, 3.8) is 0 Å². The van der Waals surface area contributed by atoms with Crippen molar-refractivity contribution in [3.8, 4) is 11.3 Å². The zero-order valence-corrected chi connectivity index (χ0v) is 22.9. The van der Waals surface area contributed by atoms with Gasteiger partial charge in [0, 0.05) is 21.5 Å². The molecule has 3 N–H and O–H groups in total. The maximum Gasteiger partial charge on any atom is 0.336 e. The van der Waals surface area contributed by atoms with Gasteiger partial charge in [-0.05, 0) is 66.2 Å². The lowest BCUT2D eigenvalue weighted by Gasteiger charge is -2.16.